The fourth-order valence-electron chi connectivity index (χ4n) is 0.767. The summed E-state index contributed by atoms with van der Waals surface area (Å²) in [7, 11) is 0. The molecule has 0 aliphatic heterocycles. The van der Waals surface area contributed by atoms with E-state index >= 15 is 0 Å². The third-order valence-electron chi connectivity index (χ3n) is 1.30. The molecule has 0 amide bonds. The van der Waals surface area contributed by atoms with Gasteiger partial charge in [-0.25, -0.2) is 0 Å². The molecule has 0 radical (unpaired) electrons. The monoisotopic (exact) mass is 164 g/mol. The number of hydrogen-bond donors (Lipinski definition) is 0. The van der Waals surface area contributed by atoms with E-state index in [0.29, 0.717) is 5.03 Å². The second kappa shape index (κ2) is 3.99. The van der Waals surface area contributed by atoms with E-state index in [1.165, 1.54) is 0 Å². The molecule has 0 fully saturated rings. The highest BCUT2D eigenvalue weighted by Crippen LogP contribution is 2.09. The molecule has 56 valence electrons. The summed E-state index contributed by atoms with van der Waals surface area (Å²) < 4.78 is 0. The van der Waals surface area contributed by atoms with Gasteiger partial charge in [0.05, 0.1) is 0 Å². The molecule has 0 aliphatic rings. The first kappa shape index (κ1) is 8.09. The molecule has 1 heteroatoms. The van der Waals surface area contributed by atoms with Gasteiger partial charge in [-0.3, -0.25) is 0 Å². The van der Waals surface area contributed by atoms with E-state index in [-0.39, 0.29) is 0 Å². The van der Waals surface area contributed by atoms with Gasteiger partial charge in [-0.05, 0) is 11.6 Å². The summed E-state index contributed by atoms with van der Waals surface area (Å²) >= 11 is 5.74. The number of benzene rings is 1. The van der Waals surface area contributed by atoms with Crippen LogP contribution in [0.5, 0.6) is 0 Å². The Morgan fingerprint density at radius 2 is 1.91 bits per heavy atom. The van der Waals surface area contributed by atoms with Gasteiger partial charge in [0, 0.05) is 5.03 Å². The topological polar surface area (TPSA) is 0 Å². The lowest BCUT2D eigenvalue weighted by Crippen LogP contribution is -1.69. The fraction of sp³-hybridized carbons (Fsp3) is 0. The van der Waals surface area contributed by atoms with Gasteiger partial charge in [0.2, 0.25) is 0 Å². The smallest absolute Gasteiger partial charge is 0.0406 e. The summed E-state index contributed by atoms with van der Waals surface area (Å²) in [6.45, 7) is 3.56. The van der Waals surface area contributed by atoms with Crippen LogP contribution in [0.2, 0.25) is 0 Å². The van der Waals surface area contributed by atoms with Gasteiger partial charge in [0.15, 0.2) is 0 Å². The molecule has 0 N–H and O–H groups in total. The van der Waals surface area contributed by atoms with Crippen LogP contribution in [0, 0.1) is 0 Å². The minimum Gasteiger partial charge on any atom is -0.0976 e. The second-order valence-corrected chi connectivity index (χ2v) is 2.58. The molecule has 0 nitrogen and oxygen atoms in total. The number of hydrogen-bond acceptors (Lipinski definition) is 0. The lowest BCUT2D eigenvalue weighted by Gasteiger charge is -1.91. The minimum atomic E-state index is 0.663. The minimum absolute atomic E-state index is 0.663. The predicted octanol–water partition coefficient (Wildman–Crippen LogP) is 3.45. The van der Waals surface area contributed by atoms with E-state index in [4.69, 9.17) is 11.6 Å². The Bertz CT molecular complexity index is 259. The van der Waals surface area contributed by atoms with E-state index in [0.717, 1.165) is 5.56 Å². The zero-order chi connectivity index (χ0) is 8.10. The summed E-state index contributed by atoms with van der Waals surface area (Å²) in [4.78, 5) is 0. The van der Waals surface area contributed by atoms with Crippen LogP contribution in [-0.4, -0.2) is 0 Å². The highest BCUT2D eigenvalue weighted by atomic mass is 35.5. The molecule has 0 spiro atoms. The van der Waals surface area contributed by atoms with Gasteiger partial charge in [0.1, 0.15) is 0 Å². The van der Waals surface area contributed by atoms with Crippen molar-refractivity contribution in [3.8, 4) is 0 Å². The Morgan fingerprint density at radius 3 is 2.45 bits per heavy atom. The molecule has 0 heterocycles. The van der Waals surface area contributed by atoms with E-state index in [9.17, 15) is 0 Å². The van der Waals surface area contributed by atoms with Crippen molar-refractivity contribution in [3.05, 3.63) is 53.6 Å². The molecule has 1 rings (SSSR count). The van der Waals surface area contributed by atoms with Crippen molar-refractivity contribution < 1.29 is 0 Å². The molecular weight excluding hydrogens is 156 g/mol. The van der Waals surface area contributed by atoms with Gasteiger partial charge >= 0.3 is 0 Å². The van der Waals surface area contributed by atoms with Gasteiger partial charge < -0.3 is 0 Å². The third-order valence-corrected chi connectivity index (χ3v) is 1.56. The van der Waals surface area contributed by atoms with Crippen LogP contribution in [0.25, 0.3) is 6.08 Å². The van der Waals surface area contributed by atoms with Gasteiger partial charge in [-0.2, -0.15) is 0 Å². The average Bonchev–Trinajstić information content (AvgIpc) is 2.06. The maximum absolute atomic E-state index is 5.74. The van der Waals surface area contributed by atoms with E-state index in [1.54, 1.807) is 6.08 Å². The van der Waals surface area contributed by atoms with Crippen molar-refractivity contribution in [1.29, 1.82) is 0 Å². The van der Waals surface area contributed by atoms with E-state index in [2.05, 4.69) is 6.58 Å². The number of rotatable bonds is 2. The molecule has 0 aromatic heterocycles. The summed E-state index contributed by atoms with van der Waals surface area (Å²) in [6, 6.07) is 9.90. The molecule has 0 saturated carbocycles. The SMILES string of the molecule is C=C/C(Cl)=C\c1ccccc1. The summed E-state index contributed by atoms with van der Waals surface area (Å²) in [5.41, 5.74) is 1.09. The molecule has 1 aromatic carbocycles. The van der Waals surface area contributed by atoms with Crippen molar-refractivity contribution >= 4 is 17.7 Å². The Hall–Kier alpha value is -1.01. The average molecular weight is 165 g/mol. The molecule has 0 atom stereocenters. The van der Waals surface area contributed by atoms with Gasteiger partial charge in [-0.1, -0.05) is 54.6 Å². The van der Waals surface area contributed by atoms with Crippen LogP contribution in [0.1, 0.15) is 5.56 Å². The third kappa shape index (κ3) is 2.60. The quantitative estimate of drug-likeness (QED) is 0.588. The molecule has 1 aromatic rings. The highest BCUT2D eigenvalue weighted by molar-refractivity contribution is 6.33. The van der Waals surface area contributed by atoms with Crippen LogP contribution in [0.4, 0.5) is 0 Å². The Balaban J connectivity index is 2.87. The van der Waals surface area contributed by atoms with Crippen molar-refractivity contribution in [2.45, 2.75) is 0 Å². The lowest BCUT2D eigenvalue weighted by molar-refractivity contribution is 1.66. The molecule has 0 aliphatic carbocycles. The zero-order valence-corrected chi connectivity index (χ0v) is 6.88. The maximum Gasteiger partial charge on any atom is 0.0406 e. The molecule has 0 unspecified atom stereocenters. The van der Waals surface area contributed by atoms with Crippen molar-refractivity contribution in [1.82, 2.24) is 0 Å². The van der Waals surface area contributed by atoms with E-state index < -0.39 is 0 Å². The molecule has 0 bridgehead atoms. The highest BCUT2D eigenvalue weighted by Gasteiger charge is 1.85. The summed E-state index contributed by atoms with van der Waals surface area (Å²) in [6.07, 6.45) is 3.49. The Morgan fingerprint density at radius 1 is 1.27 bits per heavy atom. The predicted molar refractivity (Wildman–Crippen MR) is 50.5 cm³/mol. The van der Waals surface area contributed by atoms with Crippen LogP contribution in [0.15, 0.2) is 48.0 Å². The molecular formula is C10H9Cl. The number of allylic oxidation sites excluding steroid dienone is 2. The fourth-order valence-corrected chi connectivity index (χ4v) is 0.893. The first-order chi connectivity index (χ1) is 5.33. The molecule has 11 heavy (non-hydrogen) atoms. The van der Waals surface area contributed by atoms with Crippen LogP contribution in [-0.2, 0) is 0 Å². The van der Waals surface area contributed by atoms with E-state index in [1.807, 2.05) is 36.4 Å². The standard InChI is InChI=1S/C10H9Cl/c1-2-10(11)8-9-6-4-3-5-7-9/h2-8H,1H2/b10-8+. The second-order valence-electron chi connectivity index (χ2n) is 2.14. The first-order valence-electron chi connectivity index (χ1n) is 3.37. The summed E-state index contributed by atoms with van der Waals surface area (Å²) in [5.74, 6) is 0. The maximum atomic E-state index is 5.74. The Kier molecular flexibility index (Phi) is 2.94. The lowest BCUT2D eigenvalue weighted by atomic mass is 10.2. The van der Waals surface area contributed by atoms with Crippen LogP contribution >= 0.6 is 11.6 Å². The van der Waals surface area contributed by atoms with Crippen LogP contribution in [0.3, 0.4) is 0 Å². The van der Waals surface area contributed by atoms with Gasteiger partial charge in [-0.15, -0.1) is 0 Å². The normalized spacial score (nSPS) is 11.2. The first-order valence-corrected chi connectivity index (χ1v) is 3.75. The van der Waals surface area contributed by atoms with Gasteiger partial charge in [0.25, 0.3) is 0 Å². The van der Waals surface area contributed by atoms with Crippen molar-refractivity contribution in [3.63, 3.8) is 0 Å². The summed E-state index contributed by atoms with van der Waals surface area (Å²) in [5, 5.41) is 0.663. The number of halogens is 1. The Labute approximate surface area is 71.8 Å². The van der Waals surface area contributed by atoms with Crippen molar-refractivity contribution in [2.75, 3.05) is 0 Å². The van der Waals surface area contributed by atoms with Crippen LogP contribution < -0.4 is 0 Å². The zero-order valence-electron chi connectivity index (χ0n) is 6.13. The largest absolute Gasteiger partial charge is 0.0976 e. The molecule has 0 saturated heterocycles. The van der Waals surface area contributed by atoms with Crippen molar-refractivity contribution in [2.24, 2.45) is 0 Å².